The SMILES string of the molecule is CCCCCC1CCC(C2CCC(/C=C/C3CCC(C4CCC(/C(F)=C/C(F)(F)F)CC4)CC3)CC2)CC1. The second kappa shape index (κ2) is 14.7. The molecule has 0 spiro atoms. The Kier molecular flexibility index (Phi) is 11.7. The van der Waals surface area contributed by atoms with Gasteiger partial charge in [-0.2, -0.15) is 13.2 Å². The molecule has 0 heterocycles. The first-order valence-corrected chi connectivity index (χ1v) is 16.4. The fourth-order valence-electron chi connectivity index (χ4n) is 8.70. The van der Waals surface area contributed by atoms with E-state index in [-0.39, 0.29) is 6.08 Å². The summed E-state index contributed by atoms with van der Waals surface area (Å²) in [4.78, 5) is 0. The summed E-state index contributed by atoms with van der Waals surface area (Å²) >= 11 is 0. The molecule has 4 fully saturated rings. The van der Waals surface area contributed by atoms with Gasteiger partial charge >= 0.3 is 6.18 Å². The van der Waals surface area contributed by atoms with Crippen molar-refractivity contribution in [1.82, 2.24) is 0 Å². The number of hydrogen-bond donors (Lipinski definition) is 0. The second-order valence-corrected chi connectivity index (χ2v) is 13.7. The lowest BCUT2D eigenvalue weighted by Gasteiger charge is -2.38. The van der Waals surface area contributed by atoms with E-state index in [1.54, 1.807) is 0 Å². The predicted octanol–water partition coefficient (Wildman–Crippen LogP) is 11.8. The molecule has 218 valence electrons. The molecule has 0 radical (unpaired) electrons. The van der Waals surface area contributed by atoms with Crippen LogP contribution in [0, 0.1) is 47.3 Å². The van der Waals surface area contributed by atoms with Gasteiger partial charge in [-0.3, -0.25) is 0 Å². The molecular formula is C34H54F4. The zero-order valence-corrected chi connectivity index (χ0v) is 24.0. The highest BCUT2D eigenvalue weighted by Gasteiger charge is 2.34. The Hall–Kier alpha value is -0.800. The van der Waals surface area contributed by atoms with Crippen LogP contribution in [-0.4, -0.2) is 6.18 Å². The maximum absolute atomic E-state index is 14.0. The Morgan fingerprint density at radius 1 is 0.605 bits per heavy atom. The van der Waals surface area contributed by atoms with Crippen molar-refractivity contribution in [2.24, 2.45) is 47.3 Å². The van der Waals surface area contributed by atoms with E-state index in [4.69, 9.17) is 0 Å². The van der Waals surface area contributed by atoms with E-state index in [1.165, 1.54) is 103 Å². The van der Waals surface area contributed by atoms with Crippen LogP contribution in [0.1, 0.15) is 135 Å². The highest BCUT2D eigenvalue weighted by molar-refractivity contribution is 5.04. The van der Waals surface area contributed by atoms with Gasteiger partial charge in [0.05, 0.1) is 6.08 Å². The van der Waals surface area contributed by atoms with Gasteiger partial charge in [0.2, 0.25) is 0 Å². The van der Waals surface area contributed by atoms with Gasteiger partial charge < -0.3 is 0 Å². The summed E-state index contributed by atoms with van der Waals surface area (Å²) in [5.74, 6) is 4.29. The number of hydrogen-bond acceptors (Lipinski definition) is 0. The molecule has 4 heteroatoms. The van der Waals surface area contributed by atoms with E-state index < -0.39 is 17.9 Å². The number of allylic oxidation sites excluding steroid dienone is 4. The number of halogens is 4. The Labute approximate surface area is 230 Å². The van der Waals surface area contributed by atoms with E-state index in [2.05, 4.69) is 19.1 Å². The molecule has 0 N–H and O–H groups in total. The quantitative estimate of drug-likeness (QED) is 0.156. The summed E-state index contributed by atoms with van der Waals surface area (Å²) < 4.78 is 51.4. The van der Waals surface area contributed by atoms with Gasteiger partial charge in [0.15, 0.2) is 0 Å². The zero-order chi connectivity index (χ0) is 27.0. The van der Waals surface area contributed by atoms with Crippen LogP contribution in [0.5, 0.6) is 0 Å². The van der Waals surface area contributed by atoms with E-state index in [0.717, 1.165) is 36.5 Å². The van der Waals surface area contributed by atoms with Crippen molar-refractivity contribution in [3.63, 3.8) is 0 Å². The Bertz CT molecular complexity index is 720. The molecule has 0 atom stereocenters. The molecule has 4 rings (SSSR count). The average molecular weight is 539 g/mol. The molecule has 0 unspecified atom stereocenters. The van der Waals surface area contributed by atoms with Crippen LogP contribution >= 0.6 is 0 Å². The first kappa shape index (κ1) is 30.2. The number of rotatable bonds is 9. The van der Waals surface area contributed by atoms with Crippen molar-refractivity contribution in [2.45, 2.75) is 142 Å². The molecule has 0 bridgehead atoms. The van der Waals surface area contributed by atoms with Crippen LogP contribution in [-0.2, 0) is 0 Å². The topological polar surface area (TPSA) is 0 Å². The largest absolute Gasteiger partial charge is 0.412 e. The zero-order valence-electron chi connectivity index (χ0n) is 24.0. The van der Waals surface area contributed by atoms with Gasteiger partial charge in [-0.25, -0.2) is 4.39 Å². The smallest absolute Gasteiger partial charge is 0.212 e. The van der Waals surface area contributed by atoms with E-state index in [9.17, 15) is 17.6 Å². The standard InChI is InChI=1S/C34H54F4/c1-2-3-4-5-25-8-14-28(15-9-25)29-16-10-26(11-17-29)6-7-27-12-18-30(19-13-27)31-20-22-32(23-21-31)33(35)24-34(36,37)38/h6-7,24-32H,2-5,8-23H2,1H3/b7-6+,33-24-. The maximum Gasteiger partial charge on any atom is 0.412 e. The summed E-state index contributed by atoms with van der Waals surface area (Å²) in [6, 6.07) is 0. The van der Waals surface area contributed by atoms with Gasteiger partial charge in [-0.1, -0.05) is 57.6 Å². The predicted molar refractivity (Wildman–Crippen MR) is 150 cm³/mol. The van der Waals surface area contributed by atoms with Crippen molar-refractivity contribution in [2.75, 3.05) is 0 Å². The van der Waals surface area contributed by atoms with Crippen LogP contribution in [0.2, 0.25) is 0 Å². The number of alkyl halides is 3. The van der Waals surface area contributed by atoms with E-state index in [1.807, 2.05) is 0 Å². The fraction of sp³-hybridized carbons (Fsp3) is 0.882. The Morgan fingerprint density at radius 2 is 1.03 bits per heavy atom. The van der Waals surface area contributed by atoms with E-state index in [0.29, 0.717) is 30.6 Å². The summed E-state index contributed by atoms with van der Waals surface area (Å²) in [7, 11) is 0. The second-order valence-electron chi connectivity index (χ2n) is 13.7. The third-order valence-corrected chi connectivity index (χ3v) is 11.2. The molecule has 38 heavy (non-hydrogen) atoms. The highest BCUT2D eigenvalue weighted by atomic mass is 19.4. The van der Waals surface area contributed by atoms with Gasteiger partial charge in [0, 0.05) is 5.92 Å². The fourth-order valence-corrected chi connectivity index (χ4v) is 8.70. The molecule has 0 aromatic rings. The molecule has 4 aliphatic carbocycles. The lowest BCUT2D eigenvalue weighted by molar-refractivity contribution is -0.0821. The molecule has 0 aliphatic heterocycles. The summed E-state index contributed by atoms with van der Waals surface area (Å²) in [5.41, 5.74) is 0. The van der Waals surface area contributed by atoms with E-state index >= 15 is 0 Å². The van der Waals surface area contributed by atoms with Gasteiger partial charge in [-0.15, -0.1) is 0 Å². The lowest BCUT2D eigenvalue weighted by Crippen LogP contribution is -2.26. The third kappa shape index (κ3) is 9.39. The molecule has 0 saturated heterocycles. The molecular weight excluding hydrogens is 484 g/mol. The summed E-state index contributed by atoms with van der Waals surface area (Å²) in [6.45, 7) is 2.31. The van der Waals surface area contributed by atoms with Crippen molar-refractivity contribution < 1.29 is 17.6 Å². The van der Waals surface area contributed by atoms with Crippen molar-refractivity contribution in [1.29, 1.82) is 0 Å². The minimum atomic E-state index is -4.54. The molecule has 0 aromatic carbocycles. The number of unbranched alkanes of at least 4 members (excludes halogenated alkanes) is 2. The Balaban J connectivity index is 1.09. The summed E-state index contributed by atoms with van der Waals surface area (Å²) in [5, 5.41) is 0. The van der Waals surface area contributed by atoms with Crippen LogP contribution < -0.4 is 0 Å². The normalized spacial score (nSPS) is 38.0. The molecule has 4 aliphatic rings. The first-order valence-electron chi connectivity index (χ1n) is 16.4. The molecule has 0 nitrogen and oxygen atoms in total. The van der Waals surface area contributed by atoms with Gasteiger partial charge in [-0.05, 0) is 131 Å². The molecule has 0 aromatic heterocycles. The molecule has 4 saturated carbocycles. The van der Waals surface area contributed by atoms with Crippen LogP contribution in [0.4, 0.5) is 17.6 Å². The third-order valence-electron chi connectivity index (χ3n) is 11.2. The highest BCUT2D eigenvalue weighted by Crippen LogP contribution is 2.45. The van der Waals surface area contributed by atoms with Gasteiger partial charge in [0.25, 0.3) is 0 Å². The minimum absolute atomic E-state index is 0.123. The van der Waals surface area contributed by atoms with Crippen LogP contribution in [0.3, 0.4) is 0 Å². The van der Waals surface area contributed by atoms with Crippen molar-refractivity contribution in [3.8, 4) is 0 Å². The van der Waals surface area contributed by atoms with Crippen LogP contribution in [0.15, 0.2) is 24.1 Å². The van der Waals surface area contributed by atoms with Crippen molar-refractivity contribution >= 4 is 0 Å². The summed E-state index contributed by atoms with van der Waals surface area (Å²) in [6.07, 6.45) is 25.6. The van der Waals surface area contributed by atoms with Crippen molar-refractivity contribution in [3.05, 3.63) is 24.1 Å². The lowest BCUT2D eigenvalue weighted by atomic mass is 9.68. The monoisotopic (exact) mass is 538 g/mol. The minimum Gasteiger partial charge on any atom is -0.212 e. The van der Waals surface area contributed by atoms with Gasteiger partial charge in [0.1, 0.15) is 5.83 Å². The molecule has 0 amide bonds. The van der Waals surface area contributed by atoms with Crippen LogP contribution in [0.25, 0.3) is 0 Å². The average Bonchev–Trinajstić information content (AvgIpc) is 2.92. The first-order chi connectivity index (χ1) is 18.3. The maximum atomic E-state index is 14.0. The Morgan fingerprint density at radius 3 is 1.45 bits per heavy atom.